The summed E-state index contributed by atoms with van der Waals surface area (Å²) in [7, 11) is 0. The van der Waals surface area contributed by atoms with Crippen molar-refractivity contribution >= 4 is 0 Å². The summed E-state index contributed by atoms with van der Waals surface area (Å²) in [5, 5.41) is 38.3. The van der Waals surface area contributed by atoms with E-state index in [0.717, 1.165) is 25.7 Å². The Morgan fingerprint density at radius 3 is 2.35 bits per heavy atom. The van der Waals surface area contributed by atoms with Crippen molar-refractivity contribution < 1.29 is 29.9 Å². The van der Waals surface area contributed by atoms with Gasteiger partial charge in [-0.3, -0.25) is 0 Å². The highest BCUT2D eigenvalue weighted by Gasteiger charge is 2.44. The summed E-state index contributed by atoms with van der Waals surface area (Å²) in [6.45, 7) is 4.21. The number of hydrogen-bond acceptors (Lipinski definition) is 6. The second-order valence-corrected chi connectivity index (χ2v) is 5.45. The Labute approximate surface area is 120 Å². The van der Waals surface area contributed by atoms with Crippen molar-refractivity contribution in [1.82, 2.24) is 0 Å². The predicted octanol–water partition coefficient (Wildman–Crippen LogP) is 0.0193. The summed E-state index contributed by atoms with van der Waals surface area (Å²) in [5.41, 5.74) is 0. The Bertz CT molecular complexity index is 260. The van der Waals surface area contributed by atoms with Gasteiger partial charge in [-0.05, 0) is 12.3 Å². The largest absolute Gasteiger partial charge is 0.394 e. The van der Waals surface area contributed by atoms with Gasteiger partial charge in [-0.15, -0.1) is 0 Å². The van der Waals surface area contributed by atoms with Crippen LogP contribution in [-0.4, -0.2) is 64.3 Å². The van der Waals surface area contributed by atoms with Crippen molar-refractivity contribution in [3.05, 3.63) is 0 Å². The Kier molecular flexibility index (Phi) is 7.94. The summed E-state index contributed by atoms with van der Waals surface area (Å²) in [4.78, 5) is 0. The molecule has 20 heavy (non-hydrogen) atoms. The van der Waals surface area contributed by atoms with Crippen LogP contribution in [0, 0.1) is 5.92 Å². The third-order valence-corrected chi connectivity index (χ3v) is 3.89. The second kappa shape index (κ2) is 8.92. The van der Waals surface area contributed by atoms with E-state index in [-0.39, 0.29) is 0 Å². The van der Waals surface area contributed by atoms with Crippen LogP contribution in [-0.2, 0) is 9.47 Å². The standard InChI is InChI=1S/C14H28O6/c1-3-5-6-9(4-2)8-19-14-13(18)12(17)11(16)10(7-15)20-14/h9-18H,3-8H2,1-2H3/t9-,10+,11+,12-,13+,14-/m0/s1. The molecule has 0 aliphatic carbocycles. The van der Waals surface area contributed by atoms with Crippen LogP contribution in [0.4, 0.5) is 0 Å². The molecule has 120 valence electrons. The van der Waals surface area contributed by atoms with Gasteiger partial charge < -0.3 is 29.9 Å². The molecule has 1 heterocycles. The van der Waals surface area contributed by atoms with Crippen LogP contribution in [0.25, 0.3) is 0 Å². The van der Waals surface area contributed by atoms with Gasteiger partial charge in [0, 0.05) is 0 Å². The van der Waals surface area contributed by atoms with E-state index in [4.69, 9.17) is 14.6 Å². The van der Waals surface area contributed by atoms with Crippen molar-refractivity contribution in [3.63, 3.8) is 0 Å². The number of ether oxygens (including phenoxy) is 2. The zero-order chi connectivity index (χ0) is 15.1. The zero-order valence-corrected chi connectivity index (χ0v) is 12.3. The fourth-order valence-corrected chi connectivity index (χ4v) is 2.33. The third kappa shape index (κ3) is 4.65. The monoisotopic (exact) mass is 292 g/mol. The van der Waals surface area contributed by atoms with Gasteiger partial charge >= 0.3 is 0 Å². The lowest BCUT2D eigenvalue weighted by molar-refractivity contribution is -0.303. The smallest absolute Gasteiger partial charge is 0.186 e. The van der Waals surface area contributed by atoms with Crippen LogP contribution in [0.1, 0.15) is 39.5 Å². The van der Waals surface area contributed by atoms with Crippen molar-refractivity contribution in [2.24, 2.45) is 5.92 Å². The normalized spacial score (nSPS) is 36.0. The van der Waals surface area contributed by atoms with Gasteiger partial charge in [-0.2, -0.15) is 0 Å². The number of unbranched alkanes of at least 4 members (excludes halogenated alkanes) is 1. The third-order valence-electron chi connectivity index (χ3n) is 3.89. The Morgan fingerprint density at radius 1 is 1.10 bits per heavy atom. The predicted molar refractivity (Wildman–Crippen MR) is 73.0 cm³/mol. The van der Waals surface area contributed by atoms with Crippen LogP contribution in [0.15, 0.2) is 0 Å². The van der Waals surface area contributed by atoms with Gasteiger partial charge in [-0.1, -0.05) is 33.1 Å². The molecule has 0 amide bonds. The van der Waals surface area contributed by atoms with Crippen LogP contribution in [0.5, 0.6) is 0 Å². The highest BCUT2D eigenvalue weighted by Crippen LogP contribution is 2.23. The molecule has 0 aromatic heterocycles. The van der Waals surface area contributed by atoms with E-state index < -0.39 is 37.3 Å². The van der Waals surface area contributed by atoms with E-state index in [0.29, 0.717) is 12.5 Å². The van der Waals surface area contributed by atoms with Crippen molar-refractivity contribution in [2.45, 2.75) is 70.2 Å². The Hall–Kier alpha value is -0.240. The topological polar surface area (TPSA) is 99.4 Å². The van der Waals surface area contributed by atoms with Crippen molar-refractivity contribution in [1.29, 1.82) is 0 Å². The molecule has 0 aromatic rings. The summed E-state index contributed by atoms with van der Waals surface area (Å²) in [6, 6.07) is 0. The van der Waals surface area contributed by atoms with Crippen molar-refractivity contribution in [3.8, 4) is 0 Å². The Morgan fingerprint density at radius 2 is 1.80 bits per heavy atom. The lowest BCUT2D eigenvalue weighted by Crippen LogP contribution is -2.59. The maximum atomic E-state index is 9.84. The van der Waals surface area contributed by atoms with Gasteiger partial charge in [-0.25, -0.2) is 0 Å². The lowest BCUT2D eigenvalue weighted by atomic mass is 9.98. The summed E-state index contributed by atoms with van der Waals surface area (Å²) >= 11 is 0. The van der Waals surface area contributed by atoms with E-state index in [9.17, 15) is 15.3 Å². The minimum atomic E-state index is -1.37. The first kappa shape index (κ1) is 17.8. The lowest BCUT2D eigenvalue weighted by Gasteiger charge is -2.40. The summed E-state index contributed by atoms with van der Waals surface area (Å²) in [6.07, 6.45) is -1.68. The summed E-state index contributed by atoms with van der Waals surface area (Å²) in [5.74, 6) is 0.377. The van der Waals surface area contributed by atoms with E-state index >= 15 is 0 Å². The minimum absolute atomic E-state index is 0.377. The van der Waals surface area contributed by atoms with Crippen LogP contribution in [0.3, 0.4) is 0 Å². The van der Waals surface area contributed by atoms with Gasteiger partial charge in [0.25, 0.3) is 0 Å². The molecule has 1 fully saturated rings. The number of aliphatic hydroxyl groups excluding tert-OH is 4. The maximum absolute atomic E-state index is 9.84. The average molecular weight is 292 g/mol. The quantitative estimate of drug-likeness (QED) is 0.503. The number of rotatable bonds is 8. The molecule has 0 aromatic carbocycles. The minimum Gasteiger partial charge on any atom is -0.394 e. The molecule has 1 rings (SSSR count). The van der Waals surface area contributed by atoms with Gasteiger partial charge in [0.15, 0.2) is 6.29 Å². The number of aliphatic hydroxyl groups is 4. The van der Waals surface area contributed by atoms with Crippen LogP contribution >= 0.6 is 0 Å². The van der Waals surface area contributed by atoms with Gasteiger partial charge in [0.05, 0.1) is 13.2 Å². The molecule has 6 heteroatoms. The highest BCUT2D eigenvalue weighted by atomic mass is 16.7. The van der Waals surface area contributed by atoms with E-state index in [1.807, 2.05) is 0 Å². The summed E-state index contributed by atoms with van der Waals surface area (Å²) < 4.78 is 10.8. The molecule has 1 aliphatic rings. The van der Waals surface area contributed by atoms with Gasteiger partial charge in [0.2, 0.25) is 0 Å². The molecule has 0 radical (unpaired) electrons. The molecule has 6 nitrogen and oxygen atoms in total. The highest BCUT2D eigenvalue weighted by molar-refractivity contribution is 4.88. The van der Waals surface area contributed by atoms with Gasteiger partial charge in [0.1, 0.15) is 24.4 Å². The van der Waals surface area contributed by atoms with Crippen LogP contribution in [0.2, 0.25) is 0 Å². The molecule has 0 saturated carbocycles. The molecule has 1 saturated heterocycles. The Balaban J connectivity index is 2.48. The molecule has 0 spiro atoms. The zero-order valence-electron chi connectivity index (χ0n) is 12.3. The SMILES string of the molecule is CCCC[C@H](CC)CO[C@H]1O[C@H](CO)[C@@H](O)[C@H](O)[C@H]1O. The molecular formula is C14H28O6. The first-order valence-electron chi connectivity index (χ1n) is 7.47. The first-order chi connectivity index (χ1) is 9.54. The average Bonchev–Trinajstić information content (AvgIpc) is 2.47. The van der Waals surface area contributed by atoms with E-state index in [1.54, 1.807) is 0 Å². The van der Waals surface area contributed by atoms with E-state index in [2.05, 4.69) is 13.8 Å². The van der Waals surface area contributed by atoms with Crippen LogP contribution < -0.4 is 0 Å². The second-order valence-electron chi connectivity index (χ2n) is 5.45. The molecule has 0 unspecified atom stereocenters. The molecule has 1 aliphatic heterocycles. The van der Waals surface area contributed by atoms with E-state index in [1.165, 1.54) is 0 Å². The fourth-order valence-electron chi connectivity index (χ4n) is 2.33. The molecule has 6 atom stereocenters. The maximum Gasteiger partial charge on any atom is 0.186 e. The number of hydrogen-bond donors (Lipinski definition) is 4. The fraction of sp³-hybridized carbons (Fsp3) is 1.00. The van der Waals surface area contributed by atoms with Crippen molar-refractivity contribution in [2.75, 3.05) is 13.2 Å². The first-order valence-corrected chi connectivity index (χ1v) is 7.47. The molecular weight excluding hydrogens is 264 g/mol. The molecule has 0 bridgehead atoms. The molecule has 4 N–H and O–H groups in total.